The third kappa shape index (κ3) is 4.25. The maximum Gasteiger partial charge on any atom is 0.330 e. The number of nitrogens with zero attached hydrogens (tertiary/aromatic N) is 1. The SMILES string of the molecule is CCOC(=O)C=Cc1c(C)n(Cc2ccc(Br)cc2)c2ccc(OC)cc12. The molecule has 0 N–H and O–H groups in total. The second kappa shape index (κ2) is 8.44. The highest BCUT2D eigenvalue weighted by Gasteiger charge is 2.14. The predicted molar refractivity (Wildman–Crippen MR) is 112 cm³/mol. The lowest BCUT2D eigenvalue weighted by molar-refractivity contribution is -0.137. The van der Waals surface area contributed by atoms with Crippen molar-refractivity contribution in [3.8, 4) is 5.75 Å². The van der Waals surface area contributed by atoms with Crippen LogP contribution >= 0.6 is 15.9 Å². The molecule has 27 heavy (non-hydrogen) atoms. The van der Waals surface area contributed by atoms with Gasteiger partial charge in [-0.1, -0.05) is 28.1 Å². The first-order chi connectivity index (χ1) is 13.0. The zero-order chi connectivity index (χ0) is 19.4. The van der Waals surface area contributed by atoms with E-state index in [0.717, 1.165) is 38.9 Å². The van der Waals surface area contributed by atoms with E-state index in [4.69, 9.17) is 9.47 Å². The number of aromatic nitrogens is 1. The minimum Gasteiger partial charge on any atom is -0.497 e. The van der Waals surface area contributed by atoms with Crippen molar-refractivity contribution in [3.05, 3.63) is 69.8 Å². The first kappa shape index (κ1) is 19.2. The van der Waals surface area contributed by atoms with Crippen LogP contribution in [0.1, 0.15) is 23.7 Å². The number of carbonyl (C=O) groups excluding carboxylic acids is 1. The Morgan fingerprint density at radius 3 is 2.59 bits per heavy atom. The molecule has 3 aromatic rings. The average molecular weight is 428 g/mol. The molecule has 2 aromatic carbocycles. The molecule has 3 rings (SSSR count). The van der Waals surface area contributed by atoms with Gasteiger partial charge in [-0.05, 0) is 55.8 Å². The minimum atomic E-state index is -0.339. The Morgan fingerprint density at radius 1 is 1.19 bits per heavy atom. The van der Waals surface area contributed by atoms with E-state index in [9.17, 15) is 4.79 Å². The molecule has 4 nitrogen and oxygen atoms in total. The van der Waals surface area contributed by atoms with E-state index < -0.39 is 0 Å². The van der Waals surface area contributed by atoms with Gasteiger partial charge < -0.3 is 14.0 Å². The second-order valence-corrected chi connectivity index (χ2v) is 7.10. The van der Waals surface area contributed by atoms with E-state index in [1.165, 1.54) is 11.6 Å². The van der Waals surface area contributed by atoms with Crippen LogP contribution in [0.15, 0.2) is 53.0 Å². The Labute approximate surface area is 167 Å². The summed E-state index contributed by atoms with van der Waals surface area (Å²) in [4.78, 5) is 11.8. The van der Waals surface area contributed by atoms with Crippen LogP contribution in [0.4, 0.5) is 0 Å². The van der Waals surface area contributed by atoms with Gasteiger partial charge in [0.25, 0.3) is 0 Å². The number of hydrogen-bond donors (Lipinski definition) is 0. The van der Waals surface area contributed by atoms with Crippen LogP contribution in [0.2, 0.25) is 0 Å². The van der Waals surface area contributed by atoms with Crippen molar-refractivity contribution in [1.29, 1.82) is 0 Å². The first-order valence-electron chi connectivity index (χ1n) is 8.79. The van der Waals surface area contributed by atoms with Crippen LogP contribution in [0.25, 0.3) is 17.0 Å². The summed E-state index contributed by atoms with van der Waals surface area (Å²) >= 11 is 3.48. The van der Waals surface area contributed by atoms with Crippen LogP contribution < -0.4 is 4.74 Å². The number of benzene rings is 2. The van der Waals surface area contributed by atoms with Crippen molar-refractivity contribution in [3.63, 3.8) is 0 Å². The first-order valence-corrected chi connectivity index (χ1v) is 9.59. The summed E-state index contributed by atoms with van der Waals surface area (Å²) in [7, 11) is 1.65. The number of hydrogen-bond acceptors (Lipinski definition) is 3. The highest BCUT2D eigenvalue weighted by molar-refractivity contribution is 9.10. The molecule has 0 aliphatic rings. The predicted octanol–water partition coefficient (Wildman–Crippen LogP) is 5.35. The largest absolute Gasteiger partial charge is 0.497 e. The lowest BCUT2D eigenvalue weighted by Gasteiger charge is -2.09. The topological polar surface area (TPSA) is 40.5 Å². The van der Waals surface area contributed by atoms with E-state index in [1.807, 2.05) is 30.3 Å². The van der Waals surface area contributed by atoms with Crippen LogP contribution in [-0.4, -0.2) is 24.3 Å². The third-order valence-electron chi connectivity index (χ3n) is 4.51. The maximum absolute atomic E-state index is 11.8. The van der Waals surface area contributed by atoms with E-state index in [0.29, 0.717) is 6.61 Å². The lowest BCUT2D eigenvalue weighted by Crippen LogP contribution is -2.02. The quantitative estimate of drug-likeness (QED) is 0.393. The number of esters is 1. The van der Waals surface area contributed by atoms with Crippen molar-refractivity contribution in [1.82, 2.24) is 4.57 Å². The summed E-state index contributed by atoms with van der Waals surface area (Å²) in [5.74, 6) is 0.447. The molecule has 1 heterocycles. The molecule has 5 heteroatoms. The fourth-order valence-electron chi connectivity index (χ4n) is 3.14. The lowest BCUT2D eigenvalue weighted by atomic mass is 10.1. The molecule has 0 fully saturated rings. The van der Waals surface area contributed by atoms with Gasteiger partial charge in [-0.25, -0.2) is 4.79 Å². The highest BCUT2D eigenvalue weighted by atomic mass is 79.9. The molecule has 1 aromatic heterocycles. The summed E-state index contributed by atoms with van der Waals surface area (Å²) in [6.07, 6.45) is 3.31. The van der Waals surface area contributed by atoms with E-state index in [2.05, 4.69) is 45.6 Å². The molecule has 0 bridgehead atoms. The van der Waals surface area contributed by atoms with Gasteiger partial charge >= 0.3 is 5.97 Å². The van der Waals surface area contributed by atoms with Crippen LogP contribution in [0, 0.1) is 6.92 Å². The van der Waals surface area contributed by atoms with Gasteiger partial charge in [0.15, 0.2) is 0 Å². The number of rotatable bonds is 6. The number of ether oxygens (including phenoxy) is 2. The zero-order valence-corrected chi connectivity index (χ0v) is 17.2. The molecule has 0 amide bonds. The zero-order valence-electron chi connectivity index (χ0n) is 15.7. The monoisotopic (exact) mass is 427 g/mol. The fraction of sp³-hybridized carbons (Fsp3) is 0.227. The summed E-state index contributed by atoms with van der Waals surface area (Å²) in [6.45, 7) is 4.97. The van der Waals surface area contributed by atoms with Gasteiger partial charge in [-0.3, -0.25) is 0 Å². The van der Waals surface area contributed by atoms with Gasteiger partial charge in [0.05, 0.1) is 13.7 Å². The van der Waals surface area contributed by atoms with Gasteiger partial charge in [-0.2, -0.15) is 0 Å². The van der Waals surface area contributed by atoms with E-state index in [1.54, 1.807) is 14.0 Å². The van der Waals surface area contributed by atoms with Gasteiger partial charge in [-0.15, -0.1) is 0 Å². The Balaban J connectivity index is 2.09. The average Bonchev–Trinajstić information content (AvgIpc) is 2.92. The number of methoxy groups -OCH3 is 1. The molecular weight excluding hydrogens is 406 g/mol. The maximum atomic E-state index is 11.8. The smallest absolute Gasteiger partial charge is 0.330 e. The molecule has 0 aliphatic carbocycles. The number of halogens is 1. The van der Waals surface area contributed by atoms with Crippen molar-refractivity contribution in [2.45, 2.75) is 20.4 Å². The van der Waals surface area contributed by atoms with Gasteiger partial charge in [0.1, 0.15) is 5.75 Å². The third-order valence-corrected chi connectivity index (χ3v) is 5.03. The Hall–Kier alpha value is -2.53. The highest BCUT2D eigenvalue weighted by Crippen LogP contribution is 2.31. The van der Waals surface area contributed by atoms with Crippen LogP contribution in [-0.2, 0) is 16.1 Å². The van der Waals surface area contributed by atoms with Crippen molar-refractivity contribution >= 4 is 38.9 Å². The Morgan fingerprint density at radius 2 is 1.93 bits per heavy atom. The van der Waals surface area contributed by atoms with Crippen LogP contribution in [0.3, 0.4) is 0 Å². The number of carbonyl (C=O) groups is 1. The van der Waals surface area contributed by atoms with Gasteiger partial charge in [0.2, 0.25) is 0 Å². The molecule has 0 saturated carbocycles. The molecule has 0 spiro atoms. The van der Waals surface area contributed by atoms with E-state index >= 15 is 0 Å². The Bertz CT molecular complexity index is 987. The molecule has 0 unspecified atom stereocenters. The summed E-state index contributed by atoms with van der Waals surface area (Å²) in [5.41, 5.74) is 4.38. The minimum absolute atomic E-state index is 0.339. The standard InChI is InChI=1S/C22H22BrNO3/c1-4-27-22(25)12-10-19-15(2)24(14-16-5-7-17(23)8-6-16)21-11-9-18(26-3)13-20(19)21/h5-13H,4,14H2,1-3H3. The molecule has 0 atom stereocenters. The van der Waals surface area contributed by atoms with Crippen molar-refractivity contribution in [2.75, 3.05) is 13.7 Å². The summed E-state index contributed by atoms with van der Waals surface area (Å²) < 4.78 is 13.7. The van der Waals surface area contributed by atoms with Crippen molar-refractivity contribution < 1.29 is 14.3 Å². The van der Waals surface area contributed by atoms with Gasteiger partial charge in [0, 0.05) is 39.3 Å². The summed E-state index contributed by atoms with van der Waals surface area (Å²) in [6, 6.07) is 14.3. The number of fused-ring (bicyclic) bond motifs is 1. The Kier molecular flexibility index (Phi) is 6.01. The van der Waals surface area contributed by atoms with E-state index in [-0.39, 0.29) is 5.97 Å². The second-order valence-electron chi connectivity index (χ2n) is 6.18. The normalized spacial score (nSPS) is 11.3. The summed E-state index contributed by atoms with van der Waals surface area (Å²) in [5, 5.41) is 1.05. The fourth-order valence-corrected chi connectivity index (χ4v) is 3.41. The molecule has 0 radical (unpaired) electrons. The molecule has 0 saturated heterocycles. The van der Waals surface area contributed by atoms with Crippen molar-refractivity contribution in [2.24, 2.45) is 0 Å². The molecule has 140 valence electrons. The molecule has 0 aliphatic heterocycles. The molecular formula is C22H22BrNO3. The van der Waals surface area contributed by atoms with Crippen LogP contribution in [0.5, 0.6) is 5.75 Å².